The van der Waals surface area contributed by atoms with Crippen molar-refractivity contribution >= 4 is 52.6 Å². The molecule has 60 heavy (non-hydrogen) atoms. The van der Waals surface area contributed by atoms with E-state index in [9.17, 15) is 29.2 Å². The van der Waals surface area contributed by atoms with Crippen LogP contribution in [0.3, 0.4) is 0 Å². The second kappa shape index (κ2) is 16.2. The van der Waals surface area contributed by atoms with E-state index in [2.05, 4.69) is 71.0 Å². The third kappa shape index (κ3) is 7.73. The minimum atomic E-state index is -1.04. The average molecular weight is 835 g/mol. The second-order valence-corrected chi connectivity index (χ2v) is 18.5. The molecule has 0 radical (unpaired) electrons. The molecule has 15 heteroatoms. The van der Waals surface area contributed by atoms with Crippen LogP contribution in [0.25, 0.3) is 0 Å². The number of nitriles is 1. The summed E-state index contributed by atoms with van der Waals surface area (Å²) < 4.78 is 6.42. The maximum Gasteiger partial charge on any atom is 0.281 e. The molecule has 2 aromatic carbocycles. The first-order valence-electron chi connectivity index (χ1n) is 21.0. The van der Waals surface area contributed by atoms with Gasteiger partial charge >= 0.3 is 0 Å². The smallest absolute Gasteiger partial charge is 0.281 e. The summed E-state index contributed by atoms with van der Waals surface area (Å²) in [5.41, 5.74) is 1.87. The Morgan fingerprint density at radius 1 is 0.917 bits per heavy atom. The van der Waals surface area contributed by atoms with Crippen molar-refractivity contribution in [1.29, 1.82) is 5.26 Å². The van der Waals surface area contributed by atoms with Crippen LogP contribution in [0.15, 0.2) is 48.7 Å². The highest BCUT2D eigenvalue weighted by atomic mass is 35.5. The molecule has 5 aliphatic rings. The van der Waals surface area contributed by atoms with Crippen LogP contribution in [0.4, 0.5) is 11.6 Å². The van der Waals surface area contributed by atoms with Crippen LogP contribution < -0.4 is 19.9 Å². The standard InChI is InChI=1S/C45H51ClN8O6/c1-44(2)36(45(3,4)42(44)60-31-10-7-29(25-47)33(46)23-31)24-35(55)28-5-8-30(9-6-28)52-17-14-27(15-18-52)13-16-51-19-21-53(22-20-51)43-48-26-32-38(50-43)41(59)54(40(32)58)34-11-12-37(56)49-39(34)57/h5-10,23,26-27,34,36,42H,11-22,24H2,1-4H3,(H,49,56,57). The Kier molecular flexibility index (Phi) is 11.2. The van der Waals surface area contributed by atoms with Gasteiger partial charge in [-0.05, 0) is 80.5 Å². The minimum Gasteiger partial charge on any atom is -0.489 e. The van der Waals surface area contributed by atoms with Crippen LogP contribution in [0.2, 0.25) is 5.02 Å². The van der Waals surface area contributed by atoms with Crippen LogP contribution in [0.1, 0.15) is 103 Å². The number of imide groups is 2. The third-order valence-corrected chi connectivity index (χ3v) is 14.0. The van der Waals surface area contributed by atoms with Gasteiger partial charge < -0.3 is 14.5 Å². The number of nitrogens with one attached hydrogen (secondary N) is 1. The summed E-state index contributed by atoms with van der Waals surface area (Å²) in [5.74, 6) is -0.404. The van der Waals surface area contributed by atoms with Crippen LogP contribution in [-0.2, 0) is 9.59 Å². The highest BCUT2D eigenvalue weighted by molar-refractivity contribution is 6.31. The number of hydrogen-bond acceptors (Lipinski definition) is 12. The highest BCUT2D eigenvalue weighted by Crippen LogP contribution is 2.61. The number of piperidine rings is 2. The number of piperazine rings is 1. The first kappa shape index (κ1) is 41.3. The van der Waals surface area contributed by atoms with Crippen molar-refractivity contribution in [2.75, 3.05) is 55.6 Å². The van der Waals surface area contributed by atoms with E-state index in [0.29, 0.717) is 47.7 Å². The first-order chi connectivity index (χ1) is 28.6. The van der Waals surface area contributed by atoms with Gasteiger partial charge in [-0.1, -0.05) is 39.3 Å². The lowest BCUT2D eigenvalue weighted by molar-refractivity contribution is -0.196. The largest absolute Gasteiger partial charge is 0.489 e. The Bertz CT molecular complexity index is 2240. The van der Waals surface area contributed by atoms with Gasteiger partial charge in [0.2, 0.25) is 17.8 Å². The summed E-state index contributed by atoms with van der Waals surface area (Å²) in [6.07, 6.45) is 5.17. The van der Waals surface area contributed by atoms with Crippen LogP contribution in [0, 0.1) is 34.0 Å². The maximum absolute atomic E-state index is 13.6. The van der Waals surface area contributed by atoms with E-state index in [1.165, 1.54) is 6.20 Å². The van der Waals surface area contributed by atoms with E-state index in [1.807, 2.05) is 17.0 Å². The molecular weight excluding hydrogens is 784 g/mol. The molecule has 8 rings (SSSR count). The molecule has 0 spiro atoms. The number of benzene rings is 2. The number of Topliss-reactive ketones (excluding diaryl/α,β-unsaturated/α-hetero) is 1. The molecule has 1 N–H and O–H groups in total. The van der Waals surface area contributed by atoms with Crippen molar-refractivity contribution in [2.24, 2.45) is 22.7 Å². The number of anilines is 2. The molecule has 4 fully saturated rings. The molecular formula is C45H51ClN8O6. The van der Waals surface area contributed by atoms with Gasteiger partial charge in [0.05, 0.1) is 16.1 Å². The Balaban J connectivity index is 0.769. The summed E-state index contributed by atoms with van der Waals surface area (Å²) in [6, 6.07) is 14.3. The van der Waals surface area contributed by atoms with E-state index in [1.54, 1.807) is 18.2 Å². The molecule has 1 unspecified atom stereocenters. The molecule has 1 aromatic heterocycles. The summed E-state index contributed by atoms with van der Waals surface area (Å²) >= 11 is 6.26. The van der Waals surface area contributed by atoms with E-state index in [0.717, 1.165) is 68.1 Å². The second-order valence-electron chi connectivity index (χ2n) is 18.0. The van der Waals surface area contributed by atoms with Crippen LogP contribution in [-0.4, -0.2) is 107 Å². The lowest BCUT2D eigenvalue weighted by Gasteiger charge is -2.63. The monoisotopic (exact) mass is 834 g/mol. The fourth-order valence-corrected chi connectivity index (χ4v) is 10.6. The topological polar surface area (TPSA) is 169 Å². The summed E-state index contributed by atoms with van der Waals surface area (Å²) in [4.78, 5) is 80.6. The van der Waals surface area contributed by atoms with Crippen molar-refractivity contribution in [3.63, 3.8) is 0 Å². The molecule has 0 bridgehead atoms. The Hall–Kier alpha value is -5.39. The Morgan fingerprint density at radius 2 is 1.62 bits per heavy atom. The van der Waals surface area contributed by atoms with Crippen molar-refractivity contribution in [3.8, 4) is 11.8 Å². The van der Waals surface area contributed by atoms with E-state index in [4.69, 9.17) is 16.3 Å². The van der Waals surface area contributed by atoms with Crippen molar-refractivity contribution < 1.29 is 28.7 Å². The van der Waals surface area contributed by atoms with Gasteiger partial charge in [-0.3, -0.25) is 39.1 Å². The molecule has 5 heterocycles. The van der Waals surface area contributed by atoms with Gasteiger partial charge in [-0.2, -0.15) is 5.26 Å². The van der Waals surface area contributed by atoms with Gasteiger partial charge in [0.25, 0.3) is 11.8 Å². The van der Waals surface area contributed by atoms with Crippen LogP contribution >= 0.6 is 11.6 Å². The van der Waals surface area contributed by atoms with Crippen molar-refractivity contribution in [3.05, 3.63) is 76.1 Å². The van der Waals surface area contributed by atoms with Crippen LogP contribution in [0.5, 0.6) is 5.75 Å². The quantitative estimate of drug-likeness (QED) is 0.190. The van der Waals surface area contributed by atoms with Gasteiger partial charge in [-0.25, -0.2) is 9.97 Å². The van der Waals surface area contributed by atoms with Crippen molar-refractivity contribution in [2.45, 2.75) is 78.4 Å². The zero-order valence-electron chi connectivity index (χ0n) is 34.6. The molecule has 1 aliphatic carbocycles. The molecule has 4 aliphatic heterocycles. The molecule has 314 valence electrons. The van der Waals surface area contributed by atoms with E-state index < -0.39 is 29.7 Å². The zero-order chi connectivity index (χ0) is 42.5. The predicted molar refractivity (Wildman–Crippen MR) is 224 cm³/mol. The summed E-state index contributed by atoms with van der Waals surface area (Å²) in [7, 11) is 0. The number of carbonyl (C=O) groups is 5. The first-order valence-corrected chi connectivity index (χ1v) is 21.3. The number of carbonyl (C=O) groups excluding carboxylic acids is 5. The fraction of sp³-hybridized carbons (Fsp3) is 0.511. The fourth-order valence-electron chi connectivity index (χ4n) is 10.4. The molecule has 14 nitrogen and oxygen atoms in total. The van der Waals surface area contributed by atoms with E-state index in [-0.39, 0.29) is 52.7 Å². The third-order valence-electron chi connectivity index (χ3n) is 13.7. The number of ketones is 1. The van der Waals surface area contributed by atoms with Gasteiger partial charge in [-0.15, -0.1) is 0 Å². The number of fused-ring (bicyclic) bond motifs is 1. The molecule has 1 saturated carbocycles. The number of nitrogens with zero attached hydrogens (tertiary/aromatic N) is 7. The maximum atomic E-state index is 13.6. The number of hydrogen-bond donors (Lipinski definition) is 1. The molecule has 4 amide bonds. The van der Waals surface area contributed by atoms with E-state index >= 15 is 0 Å². The number of ether oxygens (including phenoxy) is 1. The number of halogens is 1. The number of aromatic nitrogens is 2. The zero-order valence-corrected chi connectivity index (χ0v) is 35.3. The number of rotatable bonds is 11. The van der Waals surface area contributed by atoms with Gasteiger partial charge in [0.1, 0.15) is 29.7 Å². The average Bonchev–Trinajstić information content (AvgIpc) is 3.49. The highest BCUT2D eigenvalue weighted by Gasteiger charge is 2.63. The van der Waals surface area contributed by atoms with Gasteiger partial charge in [0, 0.05) is 86.5 Å². The molecule has 3 saturated heterocycles. The number of amides is 4. The Labute approximate surface area is 355 Å². The summed E-state index contributed by atoms with van der Waals surface area (Å²) in [5, 5.41) is 11.8. The summed E-state index contributed by atoms with van der Waals surface area (Å²) in [6.45, 7) is 14.6. The SMILES string of the molecule is CC1(C)C(CC(=O)c2ccc(N3CCC(CCN4CCN(c5ncc6c(n5)C(=O)N(C5CCC(=O)NC5=O)C6=O)CC4)CC3)cc2)C(C)(C)C1Oc1ccc(C#N)c(Cl)c1. The molecule has 1 atom stereocenters. The lowest BCUT2D eigenvalue weighted by atomic mass is 9.44. The van der Waals surface area contributed by atoms with Crippen molar-refractivity contribution in [1.82, 2.24) is 25.1 Å². The van der Waals surface area contributed by atoms with Gasteiger partial charge in [0.15, 0.2) is 5.78 Å². The normalized spacial score (nSPS) is 24.1. The predicted octanol–water partition coefficient (Wildman–Crippen LogP) is 5.53. The molecule has 3 aromatic rings. The lowest BCUT2D eigenvalue weighted by Crippen LogP contribution is -2.66. The Morgan fingerprint density at radius 3 is 2.27 bits per heavy atom. The minimum absolute atomic E-state index is 0.000268.